The molecule has 17 heavy (non-hydrogen) atoms. The fraction of sp³-hybridized carbons (Fsp3) is 1.00. The molecule has 0 saturated heterocycles. The van der Waals surface area contributed by atoms with Crippen LogP contribution < -0.4 is 0 Å². The van der Waals surface area contributed by atoms with E-state index in [1.54, 1.807) is 0 Å². The Morgan fingerprint density at radius 1 is 0.706 bits per heavy atom. The highest BCUT2D eigenvalue weighted by Crippen LogP contribution is 2.13. The summed E-state index contributed by atoms with van der Waals surface area (Å²) in [5.41, 5.74) is 0. The zero-order chi connectivity index (χ0) is 12.8. The molecular formula is C15H32O2. The highest BCUT2D eigenvalue weighted by atomic mass is 16.3. The predicted octanol–water partition coefficient (Wildman–Crippen LogP) is 4.04. The second kappa shape index (κ2) is 14.0. The van der Waals surface area contributed by atoms with Crippen LogP contribution in [0.4, 0.5) is 0 Å². The monoisotopic (exact) mass is 244 g/mol. The van der Waals surface area contributed by atoms with Crippen molar-refractivity contribution in [3.63, 3.8) is 0 Å². The fourth-order valence-electron chi connectivity index (χ4n) is 2.15. The minimum absolute atomic E-state index is 0.0877. The third-order valence-electron chi connectivity index (χ3n) is 3.34. The molecule has 0 aliphatic rings. The van der Waals surface area contributed by atoms with E-state index in [2.05, 4.69) is 6.92 Å². The number of hydrogen-bond acceptors (Lipinski definition) is 2. The molecule has 0 spiro atoms. The van der Waals surface area contributed by atoms with Crippen LogP contribution in [0.1, 0.15) is 84.0 Å². The first-order valence-electron chi connectivity index (χ1n) is 7.60. The van der Waals surface area contributed by atoms with Crippen molar-refractivity contribution in [1.29, 1.82) is 0 Å². The lowest BCUT2D eigenvalue weighted by atomic mass is 10.0. The van der Waals surface area contributed by atoms with Crippen LogP contribution in [0.2, 0.25) is 0 Å². The Labute approximate surface area is 107 Å². The van der Waals surface area contributed by atoms with E-state index in [0.29, 0.717) is 6.61 Å². The Balaban J connectivity index is 3.09. The maximum atomic E-state index is 9.76. The third kappa shape index (κ3) is 13.9. The number of aliphatic hydroxyl groups is 2. The van der Waals surface area contributed by atoms with Crippen LogP contribution in [0.15, 0.2) is 0 Å². The lowest BCUT2D eigenvalue weighted by Crippen LogP contribution is -2.05. The summed E-state index contributed by atoms with van der Waals surface area (Å²) in [6, 6.07) is 0. The van der Waals surface area contributed by atoms with Crippen LogP contribution in [0, 0.1) is 0 Å². The first-order chi connectivity index (χ1) is 8.31. The third-order valence-corrected chi connectivity index (χ3v) is 3.34. The van der Waals surface area contributed by atoms with Gasteiger partial charge >= 0.3 is 0 Å². The summed E-state index contributed by atoms with van der Waals surface area (Å²) in [6.07, 6.45) is 13.9. The lowest BCUT2D eigenvalue weighted by Gasteiger charge is -2.10. The van der Waals surface area contributed by atoms with Gasteiger partial charge in [0.05, 0.1) is 6.10 Å². The van der Waals surface area contributed by atoms with E-state index < -0.39 is 0 Å². The Morgan fingerprint density at radius 2 is 1.18 bits per heavy atom. The highest BCUT2D eigenvalue weighted by molar-refractivity contribution is 4.57. The van der Waals surface area contributed by atoms with E-state index in [-0.39, 0.29) is 6.10 Å². The minimum Gasteiger partial charge on any atom is -0.396 e. The van der Waals surface area contributed by atoms with Crippen molar-refractivity contribution < 1.29 is 10.2 Å². The Kier molecular flexibility index (Phi) is 13.9. The van der Waals surface area contributed by atoms with Gasteiger partial charge in [-0.25, -0.2) is 0 Å². The van der Waals surface area contributed by atoms with Crippen LogP contribution in [0.5, 0.6) is 0 Å². The maximum absolute atomic E-state index is 9.76. The van der Waals surface area contributed by atoms with Crippen molar-refractivity contribution in [2.45, 2.75) is 90.1 Å². The fourth-order valence-corrected chi connectivity index (χ4v) is 2.15. The molecule has 0 rings (SSSR count). The van der Waals surface area contributed by atoms with Gasteiger partial charge in [-0.1, -0.05) is 64.7 Å². The van der Waals surface area contributed by atoms with Crippen molar-refractivity contribution in [3.05, 3.63) is 0 Å². The summed E-state index contributed by atoms with van der Waals surface area (Å²) in [6.45, 7) is 2.54. The van der Waals surface area contributed by atoms with E-state index in [9.17, 15) is 5.11 Å². The number of unbranched alkanes of at least 4 members (excludes halogenated alkanes) is 8. The zero-order valence-electron chi connectivity index (χ0n) is 11.7. The molecule has 0 aromatic rings. The SMILES string of the molecule is CCCCCCCCC(O)CCCCCCO. The Hall–Kier alpha value is -0.0800. The van der Waals surface area contributed by atoms with Gasteiger partial charge in [0.2, 0.25) is 0 Å². The molecule has 0 fully saturated rings. The minimum atomic E-state index is -0.0877. The second-order valence-electron chi connectivity index (χ2n) is 5.14. The molecule has 2 nitrogen and oxygen atoms in total. The van der Waals surface area contributed by atoms with Gasteiger partial charge in [0, 0.05) is 6.61 Å². The van der Waals surface area contributed by atoms with Gasteiger partial charge in [-0.2, -0.15) is 0 Å². The van der Waals surface area contributed by atoms with Crippen LogP contribution in [0.25, 0.3) is 0 Å². The molecule has 0 aromatic carbocycles. The first kappa shape index (κ1) is 16.9. The molecule has 2 N–H and O–H groups in total. The molecule has 0 bridgehead atoms. The van der Waals surface area contributed by atoms with Crippen LogP contribution in [-0.2, 0) is 0 Å². The van der Waals surface area contributed by atoms with Crippen molar-refractivity contribution in [1.82, 2.24) is 0 Å². The van der Waals surface area contributed by atoms with Gasteiger partial charge in [-0.05, 0) is 19.3 Å². The van der Waals surface area contributed by atoms with Crippen LogP contribution in [0.3, 0.4) is 0 Å². The van der Waals surface area contributed by atoms with E-state index in [1.165, 1.54) is 38.5 Å². The number of aliphatic hydroxyl groups excluding tert-OH is 2. The molecule has 0 heterocycles. The van der Waals surface area contributed by atoms with Gasteiger partial charge in [-0.3, -0.25) is 0 Å². The van der Waals surface area contributed by atoms with E-state index in [1.807, 2.05) is 0 Å². The van der Waals surface area contributed by atoms with E-state index in [4.69, 9.17) is 5.11 Å². The van der Waals surface area contributed by atoms with Crippen LogP contribution in [-0.4, -0.2) is 22.9 Å². The average Bonchev–Trinajstić information content (AvgIpc) is 2.33. The summed E-state index contributed by atoms with van der Waals surface area (Å²) in [5, 5.41) is 18.4. The summed E-state index contributed by atoms with van der Waals surface area (Å²) >= 11 is 0. The summed E-state index contributed by atoms with van der Waals surface area (Å²) in [7, 11) is 0. The standard InChI is InChI=1S/C15H32O2/c1-2-3-4-5-6-9-12-15(17)13-10-7-8-11-14-16/h15-17H,2-14H2,1H3. The van der Waals surface area contributed by atoms with Crippen molar-refractivity contribution in [2.75, 3.05) is 6.61 Å². The normalized spacial score (nSPS) is 12.9. The quantitative estimate of drug-likeness (QED) is 0.480. The number of hydrogen-bond donors (Lipinski definition) is 2. The van der Waals surface area contributed by atoms with Crippen LogP contribution >= 0.6 is 0 Å². The molecule has 0 radical (unpaired) electrons. The summed E-state index contributed by atoms with van der Waals surface area (Å²) in [4.78, 5) is 0. The molecular weight excluding hydrogens is 212 g/mol. The zero-order valence-corrected chi connectivity index (χ0v) is 11.7. The van der Waals surface area contributed by atoms with E-state index in [0.717, 1.165) is 38.5 Å². The van der Waals surface area contributed by atoms with Gasteiger partial charge in [0.15, 0.2) is 0 Å². The molecule has 2 heteroatoms. The Morgan fingerprint density at radius 3 is 1.71 bits per heavy atom. The van der Waals surface area contributed by atoms with Gasteiger partial charge in [-0.15, -0.1) is 0 Å². The molecule has 0 aliphatic carbocycles. The molecule has 0 aromatic heterocycles. The molecule has 1 unspecified atom stereocenters. The highest BCUT2D eigenvalue weighted by Gasteiger charge is 2.03. The van der Waals surface area contributed by atoms with Crippen molar-refractivity contribution in [2.24, 2.45) is 0 Å². The van der Waals surface area contributed by atoms with E-state index >= 15 is 0 Å². The summed E-state index contributed by atoms with van der Waals surface area (Å²) < 4.78 is 0. The molecule has 1 atom stereocenters. The van der Waals surface area contributed by atoms with Gasteiger partial charge < -0.3 is 10.2 Å². The Bertz CT molecular complexity index is 137. The topological polar surface area (TPSA) is 40.5 Å². The molecule has 104 valence electrons. The molecule has 0 aliphatic heterocycles. The summed E-state index contributed by atoms with van der Waals surface area (Å²) in [5.74, 6) is 0. The second-order valence-corrected chi connectivity index (χ2v) is 5.14. The molecule has 0 saturated carbocycles. The first-order valence-corrected chi connectivity index (χ1v) is 7.60. The lowest BCUT2D eigenvalue weighted by molar-refractivity contribution is 0.147. The average molecular weight is 244 g/mol. The van der Waals surface area contributed by atoms with Gasteiger partial charge in [0.1, 0.15) is 0 Å². The predicted molar refractivity (Wildman–Crippen MR) is 74.2 cm³/mol. The van der Waals surface area contributed by atoms with Gasteiger partial charge in [0.25, 0.3) is 0 Å². The number of rotatable bonds is 13. The van der Waals surface area contributed by atoms with Crippen molar-refractivity contribution in [3.8, 4) is 0 Å². The largest absolute Gasteiger partial charge is 0.396 e. The smallest absolute Gasteiger partial charge is 0.0540 e. The maximum Gasteiger partial charge on any atom is 0.0540 e. The van der Waals surface area contributed by atoms with Crippen molar-refractivity contribution >= 4 is 0 Å². The molecule has 0 amide bonds.